The number of anilines is 1. The molecule has 1 N–H and O–H groups in total. The molecule has 2 aromatic carbocycles. The van der Waals surface area contributed by atoms with Gasteiger partial charge >= 0.3 is 0 Å². The molecule has 0 spiro atoms. The van der Waals surface area contributed by atoms with Crippen LogP contribution in [-0.2, 0) is 0 Å². The van der Waals surface area contributed by atoms with E-state index in [0.29, 0.717) is 0 Å². The predicted molar refractivity (Wildman–Crippen MR) is 85.4 cm³/mol. The van der Waals surface area contributed by atoms with Gasteiger partial charge < -0.3 is 10.0 Å². The highest BCUT2D eigenvalue weighted by Crippen LogP contribution is 2.19. The Kier molecular flexibility index (Phi) is 4.77. The van der Waals surface area contributed by atoms with Gasteiger partial charge in [-0.15, -0.1) is 0 Å². The molecule has 3 nitrogen and oxygen atoms in total. The largest absolute Gasteiger partial charge is 0.508 e. The molecule has 2 rings (SSSR count). The van der Waals surface area contributed by atoms with Gasteiger partial charge in [-0.05, 0) is 67.9 Å². The second kappa shape index (κ2) is 6.75. The van der Waals surface area contributed by atoms with Crippen LogP contribution < -0.4 is 4.90 Å². The fourth-order valence-electron chi connectivity index (χ4n) is 2.05. The maximum Gasteiger partial charge on any atom is 0.115 e. The zero-order valence-corrected chi connectivity index (χ0v) is 12.0. The number of hydrogen-bond acceptors (Lipinski definition) is 3. The normalized spacial score (nSPS) is 10.9. The topological polar surface area (TPSA) is 35.8 Å². The minimum Gasteiger partial charge on any atom is -0.508 e. The number of aromatic hydroxyl groups is 1. The highest BCUT2D eigenvalue weighted by atomic mass is 16.3. The van der Waals surface area contributed by atoms with E-state index < -0.39 is 0 Å². The number of aliphatic imine (C=N–C) groups is 1. The van der Waals surface area contributed by atoms with Crippen molar-refractivity contribution in [3.63, 3.8) is 0 Å². The predicted octanol–water partition coefficient (Wildman–Crippen LogP) is 3.99. The number of hydrogen-bond donors (Lipinski definition) is 1. The second-order valence-electron chi connectivity index (χ2n) is 4.54. The Labute approximate surface area is 120 Å². The van der Waals surface area contributed by atoms with Gasteiger partial charge in [0.25, 0.3) is 0 Å². The average Bonchev–Trinajstić information content (AvgIpc) is 2.49. The fourth-order valence-corrected chi connectivity index (χ4v) is 2.05. The van der Waals surface area contributed by atoms with Gasteiger partial charge in [-0.1, -0.05) is 0 Å². The Bertz CT molecular complexity index is 555. The van der Waals surface area contributed by atoms with E-state index in [1.165, 1.54) is 5.69 Å². The molecular weight excluding hydrogens is 248 g/mol. The van der Waals surface area contributed by atoms with E-state index in [2.05, 4.69) is 35.9 Å². The van der Waals surface area contributed by atoms with E-state index in [-0.39, 0.29) is 5.75 Å². The van der Waals surface area contributed by atoms with Gasteiger partial charge in [0.2, 0.25) is 0 Å². The number of phenols is 1. The lowest BCUT2D eigenvalue weighted by Crippen LogP contribution is -2.21. The first kappa shape index (κ1) is 14.1. The van der Waals surface area contributed by atoms with Gasteiger partial charge in [-0.2, -0.15) is 0 Å². The maximum atomic E-state index is 9.22. The van der Waals surface area contributed by atoms with Gasteiger partial charge in [-0.25, -0.2) is 0 Å². The maximum absolute atomic E-state index is 9.22. The summed E-state index contributed by atoms with van der Waals surface area (Å²) in [6.45, 7) is 6.32. The van der Waals surface area contributed by atoms with Gasteiger partial charge in [-0.3, -0.25) is 4.99 Å². The Morgan fingerprint density at radius 1 is 0.950 bits per heavy atom. The molecule has 0 aliphatic carbocycles. The summed E-state index contributed by atoms with van der Waals surface area (Å²) >= 11 is 0. The molecule has 0 saturated heterocycles. The van der Waals surface area contributed by atoms with Crippen molar-refractivity contribution in [1.29, 1.82) is 0 Å². The SMILES string of the molecule is CCN(CC)c1ccc(/N=C/c2ccc(O)cc2)cc1. The van der Waals surface area contributed by atoms with Crippen molar-refractivity contribution < 1.29 is 5.11 Å². The molecule has 0 aromatic heterocycles. The molecule has 3 heteroatoms. The van der Waals surface area contributed by atoms with Crippen molar-refractivity contribution in [2.75, 3.05) is 18.0 Å². The van der Waals surface area contributed by atoms with Crippen LogP contribution in [0.5, 0.6) is 5.75 Å². The van der Waals surface area contributed by atoms with E-state index in [9.17, 15) is 5.11 Å². The van der Waals surface area contributed by atoms with Gasteiger partial charge in [0, 0.05) is 25.0 Å². The lowest BCUT2D eigenvalue weighted by atomic mass is 10.2. The third-order valence-corrected chi connectivity index (χ3v) is 3.23. The summed E-state index contributed by atoms with van der Waals surface area (Å²) < 4.78 is 0. The first-order chi connectivity index (χ1) is 9.72. The molecule has 104 valence electrons. The molecular formula is C17H20N2O. The summed E-state index contributed by atoms with van der Waals surface area (Å²) in [6, 6.07) is 15.2. The molecule has 0 amide bonds. The van der Waals surface area contributed by atoms with Crippen LogP contribution in [0.3, 0.4) is 0 Å². The number of phenolic OH excluding ortho intramolecular Hbond substituents is 1. The van der Waals surface area contributed by atoms with Crippen LogP contribution in [0.2, 0.25) is 0 Å². The van der Waals surface area contributed by atoms with Crippen LogP contribution in [0.25, 0.3) is 0 Å². The lowest BCUT2D eigenvalue weighted by Gasteiger charge is -2.20. The van der Waals surface area contributed by atoms with Gasteiger partial charge in [0.05, 0.1) is 5.69 Å². The molecule has 0 aliphatic rings. The van der Waals surface area contributed by atoms with Crippen molar-refractivity contribution in [3.05, 3.63) is 54.1 Å². The minimum atomic E-state index is 0.269. The van der Waals surface area contributed by atoms with Gasteiger partial charge in [0.1, 0.15) is 5.75 Å². The van der Waals surface area contributed by atoms with Crippen molar-refractivity contribution in [2.45, 2.75) is 13.8 Å². The van der Waals surface area contributed by atoms with Crippen LogP contribution in [-0.4, -0.2) is 24.4 Å². The average molecular weight is 268 g/mol. The summed E-state index contributed by atoms with van der Waals surface area (Å²) in [7, 11) is 0. The number of nitrogens with zero attached hydrogens (tertiary/aromatic N) is 2. The van der Waals surface area contributed by atoms with Crippen LogP contribution in [0.4, 0.5) is 11.4 Å². The Hall–Kier alpha value is -2.29. The molecule has 0 heterocycles. The van der Waals surface area contributed by atoms with Crippen LogP contribution in [0, 0.1) is 0 Å². The molecule has 0 saturated carbocycles. The fraction of sp³-hybridized carbons (Fsp3) is 0.235. The monoisotopic (exact) mass is 268 g/mol. The molecule has 0 bridgehead atoms. The van der Waals surface area contributed by atoms with Crippen LogP contribution >= 0.6 is 0 Å². The summed E-state index contributed by atoms with van der Waals surface area (Å²) in [4.78, 5) is 6.73. The van der Waals surface area contributed by atoms with Crippen molar-refractivity contribution in [3.8, 4) is 5.75 Å². The molecule has 0 aliphatic heterocycles. The molecule has 20 heavy (non-hydrogen) atoms. The summed E-state index contributed by atoms with van der Waals surface area (Å²) in [5.41, 5.74) is 3.11. The van der Waals surface area contributed by atoms with E-state index in [1.54, 1.807) is 18.3 Å². The Balaban J connectivity index is 2.08. The quantitative estimate of drug-likeness (QED) is 0.832. The zero-order valence-electron chi connectivity index (χ0n) is 12.0. The minimum absolute atomic E-state index is 0.269. The molecule has 0 radical (unpaired) electrons. The zero-order chi connectivity index (χ0) is 14.4. The smallest absolute Gasteiger partial charge is 0.115 e. The molecule has 2 aromatic rings. The summed E-state index contributed by atoms with van der Waals surface area (Å²) in [6.07, 6.45) is 1.80. The van der Waals surface area contributed by atoms with E-state index >= 15 is 0 Å². The van der Waals surface area contributed by atoms with E-state index in [0.717, 1.165) is 24.3 Å². The molecule has 0 unspecified atom stereocenters. The van der Waals surface area contributed by atoms with Crippen molar-refractivity contribution >= 4 is 17.6 Å². The van der Waals surface area contributed by atoms with E-state index in [1.807, 2.05) is 24.3 Å². The van der Waals surface area contributed by atoms with Crippen molar-refractivity contribution in [1.82, 2.24) is 0 Å². The molecule has 0 atom stereocenters. The first-order valence-corrected chi connectivity index (χ1v) is 6.91. The van der Waals surface area contributed by atoms with Gasteiger partial charge in [0.15, 0.2) is 0 Å². The third kappa shape index (κ3) is 3.60. The van der Waals surface area contributed by atoms with Crippen LogP contribution in [0.1, 0.15) is 19.4 Å². The van der Waals surface area contributed by atoms with E-state index in [4.69, 9.17) is 0 Å². The number of rotatable bonds is 5. The standard InChI is InChI=1S/C17H20N2O/c1-3-19(4-2)16-9-7-15(8-10-16)18-13-14-5-11-17(20)12-6-14/h5-13,20H,3-4H2,1-2H3/b18-13+. The lowest BCUT2D eigenvalue weighted by molar-refractivity contribution is 0.475. The number of benzene rings is 2. The second-order valence-corrected chi connectivity index (χ2v) is 4.54. The third-order valence-electron chi connectivity index (χ3n) is 3.23. The summed E-state index contributed by atoms with van der Waals surface area (Å²) in [5, 5.41) is 9.22. The van der Waals surface area contributed by atoms with Crippen LogP contribution in [0.15, 0.2) is 53.5 Å². The Morgan fingerprint density at radius 3 is 2.10 bits per heavy atom. The Morgan fingerprint density at radius 2 is 1.55 bits per heavy atom. The highest BCUT2D eigenvalue weighted by molar-refractivity contribution is 5.82. The summed E-state index contributed by atoms with van der Waals surface area (Å²) in [5.74, 6) is 0.269. The molecule has 0 fully saturated rings. The first-order valence-electron chi connectivity index (χ1n) is 6.91. The van der Waals surface area contributed by atoms with Crippen molar-refractivity contribution in [2.24, 2.45) is 4.99 Å². The highest BCUT2D eigenvalue weighted by Gasteiger charge is 2.00.